The Balaban J connectivity index is 1.26. The molecule has 4 nitrogen and oxygen atoms in total. The molecule has 0 aromatic heterocycles. The molecule has 4 bridgehead atoms. The number of benzene rings is 1. The van der Waals surface area contributed by atoms with Gasteiger partial charge in [0.1, 0.15) is 0 Å². The second-order valence-electron chi connectivity index (χ2n) is 8.49. The van der Waals surface area contributed by atoms with Crippen LogP contribution < -0.4 is 10.9 Å². The van der Waals surface area contributed by atoms with Crippen LogP contribution in [0.15, 0.2) is 24.3 Å². The van der Waals surface area contributed by atoms with Gasteiger partial charge in [0.25, 0.3) is 0 Å². The first kappa shape index (κ1) is 16.9. The first-order valence-electron chi connectivity index (χ1n) is 9.32. The molecule has 5 rings (SSSR count). The van der Waals surface area contributed by atoms with E-state index in [4.69, 9.17) is 11.6 Å². The standard InChI is InChI=1S/C20H25ClN2O2/c21-17-3-1-13(2-4-17)8-18(24)22-23-19(25)12-20-9-14-5-15(10-20)7-16(6-14)11-20/h1-4,14-16H,5-12H2,(H,22,24)(H,23,25). The minimum atomic E-state index is -0.207. The van der Waals surface area contributed by atoms with E-state index < -0.39 is 0 Å². The quantitative estimate of drug-likeness (QED) is 0.805. The molecule has 4 aliphatic carbocycles. The summed E-state index contributed by atoms with van der Waals surface area (Å²) in [7, 11) is 0. The van der Waals surface area contributed by atoms with Gasteiger partial charge >= 0.3 is 0 Å². The molecule has 25 heavy (non-hydrogen) atoms. The predicted octanol–water partition coefficient (Wildman–Crippen LogP) is 3.64. The number of halogens is 1. The second kappa shape index (κ2) is 6.64. The summed E-state index contributed by atoms with van der Waals surface area (Å²) in [5.74, 6) is 2.24. The lowest BCUT2D eigenvalue weighted by molar-refractivity contribution is -0.134. The van der Waals surface area contributed by atoms with Crippen LogP contribution in [0.5, 0.6) is 0 Å². The van der Waals surface area contributed by atoms with E-state index >= 15 is 0 Å². The van der Waals surface area contributed by atoms with Gasteiger partial charge in [0.05, 0.1) is 6.42 Å². The Hall–Kier alpha value is -1.55. The van der Waals surface area contributed by atoms with E-state index in [0.717, 1.165) is 23.3 Å². The number of nitrogens with one attached hydrogen (secondary N) is 2. The first-order valence-corrected chi connectivity index (χ1v) is 9.70. The van der Waals surface area contributed by atoms with Gasteiger partial charge in [-0.3, -0.25) is 20.4 Å². The summed E-state index contributed by atoms with van der Waals surface area (Å²) in [6, 6.07) is 7.16. The minimum Gasteiger partial charge on any atom is -0.273 e. The molecule has 4 aliphatic rings. The van der Waals surface area contributed by atoms with Crippen LogP contribution in [0.25, 0.3) is 0 Å². The van der Waals surface area contributed by atoms with Crippen molar-refractivity contribution in [1.82, 2.24) is 10.9 Å². The second-order valence-corrected chi connectivity index (χ2v) is 8.93. The molecule has 1 aromatic carbocycles. The van der Waals surface area contributed by atoms with E-state index in [1.807, 2.05) is 12.1 Å². The third-order valence-electron chi connectivity index (χ3n) is 6.32. The van der Waals surface area contributed by atoms with Gasteiger partial charge in [0.2, 0.25) is 11.8 Å². The van der Waals surface area contributed by atoms with Gasteiger partial charge in [-0.1, -0.05) is 23.7 Å². The van der Waals surface area contributed by atoms with Crippen LogP contribution in [-0.2, 0) is 16.0 Å². The Labute approximate surface area is 153 Å². The van der Waals surface area contributed by atoms with Gasteiger partial charge in [-0.25, -0.2) is 0 Å². The zero-order chi connectivity index (χ0) is 17.4. The number of hydrogen-bond acceptors (Lipinski definition) is 2. The summed E-state index contributed by atoms with van der Waals surface area (Å²) in [4.78, 5) is 24.4. The van der Waals surface area contributed by atoms with Crippen molar-refractivity contribution in [3.8, 4) is 0 Å². The highest BCUT2D eigenvalue weighted by atomic mass is 35.5. The van der Waals surface area contributed by atoms with E-state index in [9.17, 15) is 9.59 Å². The van der Waals surface area contributed by atoms with Crippen LogP contribution >= 0.6 is 11.6 Å². The summed E-state index contributed by atoms with van der Waals surface area (Å²) in [6.07, 6.45) is 8.50. The molecular formula is C20H25ClN2O2. The molecule has 5 heteroatoms. The van der Waals surface area contributed by atoms with E-state index in [-0.39, 0.29) is 23.7 Å². The summed E-state index contributed by atoms with van der Waals surface area (Å²) in [5.41, 5.74) is 6.25. The van der Waals surface area contributed by atoms with Crippen LogP contribution in [0.1, 0.15) is 50.5 Å². The molecular weight excluding hydrogens is 336 g/mol. The zero-order valence-electron chi connectivity index (χ0n) is 14.4. The van der Waals surface area contributed by atoms with Gasteiger partial charge in [-0.2, -0.15) is 0 Å². The van der Waals surface area contributed by atoms with Gasteiger partial charge in [-0.05, 0) is 79.4 Å². The van der Waals surface area contributed by atoms with Crippen LogP contribution in [0.3, 0.4) is 0 Å². The van der Waals surface area contributed by atoms with Gasteiger partial charge < -0.3 is 0 Å². The first-order chi connectivity index (χ1) is 12.0. The molecule has 0 unspecified atom stereocenters. The van der Waals surface area contributed by atoms with E-state index in [1.54, 1.807) is 12.1 Å². The SMILES string of the molecule is O=C(Cc1ccc(Cl)cc1)NNC(=O)CC12CC3CC(CC(C3)C1)C2. The average Bonchev–Trinajstić information content (AvgIpc) is 2.53. The molecule has 0 radical (unpaired) electrons. The van der Waals surface area contributed by atoms with Crippen molar-refractivity contribution >= 4 is 23.4 Å². The number of hydrazine groups is 1. The van der Waals surface area contributed by atoms with Crippen molar-refractivity contribution in [3.63, 3.8) is 0 Å². The largest absolute Gasteiger partial charge is 0.273 e. The third kappa shape index (κ3) is 3.84. The third-order valence-corrected chi connectivity index (χ3v) is 6.57. The number of carbonyl (C=O) groups is 2. The number of hydrogen-bond donors (Lipinski definition) is 2. The Morgan fingerprint density at radius 1 is 0.920 bits per heavy atom. The van der Waals surface area contributed by atoms with Crippen molar-refractivity contribution in [2.24, 2.45) is 23.2 Å². The minimum absolute atomic E-state index is 0.0496. The number of rotatable bonds is 4. The Morgan fingerprint density at radius 3 is 2.00 bits per heavy atom. The van der Waals surface area contributed by atoms with Gasteiger partial charge in [-0.15, -0.1) is 0 Å². The van der Waals surface area contributed by atoms with Crippen molar-refractivity contribution < 1.29 is 9.59 Å². The molecule has 0 spiro atoms. The van der Waals surface area contributed by atoms with Crippen molar-refractivity contribution in [2.45, 2.75) is 51.4 Å². The molecule has 2 amide bonds. The predicted molar refractivity (Wildman–Crippen MR) is 96.7 cm³/mol. The molecule has 0 atom stereocenters. The lowest BCUT2D eigenvalue weighted by Gasteiger charge is -2.56. The number of amides is 2. The van der Waals surface area contributed by atoms with Gasteiger partial charge in [0.15, 0.2) is 0 Å². The lowest BCUT2D eigenvalue weighted by Crippen LogP contribution is -2.50. The maximum absolute atomic E-state index is 12.4. The van der Waals surface area contributed by atoms with E-state index in [2.05, 4.69) is 10.9 Å². The van der Waals surface area contributed by atoms with Crippen LogP contribution in [-0.4, -0.2) is 11.8 Å². The highest BCUT2D eigenvalue weighted by molar-refractivity contribution is 6.30. The summed E-state index contributed by atoms with van der Waals surface area (Å²) < 4.78 is 0. The summed E-state index contributed by atoms with van der Waals surface area (Å²) in [5, 5.41) is 0.646. The van der Waals surface area contributed by atoms with E-state index in [0.29, 0.717) is 11.4 Å². The molecule has 4 saturated carbocycles. The maximum Gasteiger partial charge on any atom is 0.242 e. The lowest BCUT2D eigenvalue weighted by atomic mass is 9.49. The average molecular weight is 361 g/mol. The van der Waals surface area contributed by atoms with Crippen molar-refractivity contribution in [3.05, 3.63) is 34.9 Å². The highest BCUT2D eigenvalue weighted by Crippen LogP contribution is 2.61. The molecule has 134 valence electrons. The molecule has 0 heterocycles. The molecule has 0 saturated heterocycles. The van der Waals surface area contributed by atoms with Crippen molar-refractivity contribution in [2.75, 3.05) is 0 Å². The normalized spacial score (nSPS) is 32.4. The van der Waals surface area contributed by atoms with Crippen LogP contribution in [0, 0.1) is 23.2 Å². The summed E-state index contributed by atoms with van der Waals surface area (Å²) in [6.45, 7) is 0. The number of carbonyl (C=O) groups excluding carboxylic acids is 2. The fraction of sp³-hybridized carbons (Fsp3) is 0.600. The molecule has 2 N–H and O–H groups in total. The van der Waals surface area contributed by atoms with E-state index in [1.165, 1.54) is 38.5 Å². The monoisotopic (exact) mass is 360 g/mol. The Bertz CT molecular complexity index is 635. The topological polar surface area (TPSA) is 58.2 Å². The fourth-order valence-corrected chi connectivity index (χ4v) is 5.99. The molecule has 4 fully saturated rings. The highest BCUT2D eigenvalue weighted by Gasteiger charge is 2.51. The molecule has 1 aromatic rings. The smallest absolute Gasteiger partial charge is 0.242 e. The van der Waals surface area contributed by atoms with Crippen LogP contribution in [0.2, 0.25) is 5.02 Å². The zero-order valence-corrected chi connectivity index (χ0v) is 15.1. The Morgan fingerprint density at radius 2 is 1.44 bits per heavy atom. The fourth-order valence-electron chi connectivity index (χ4n) is 5.86. The Kier molecular flexibility index (Phi) is 4.48. The maximum atomic E-state index is 12.4. The molecule has 0 aliphatic heterocycles. The van der Waals surface area contributed by atoms with Crippen LogP contribution in [0.4, 0.5) is 0 Å². The van der Waals surface area contributed by atoms with Crippen molar-refractivity contribution in [1.29, 1.82) is 0 Å². The van der Waals surface area contributed by atoms with Gasteiger partial charge in [0, 0.05) is 11.4 Å². The summed E-state index contributed by atoms with van der Waals surface area (Å²) >= 11 is 5.84.